The summed E-state index contributed by atoms with van der Waals surface area (Å²) in [5.74, 6) is -0.102. The zero-order valence-electron chi connectivity index (χ0n) is 10.7. The molecule has 1 amide bonds. The fourth-order valence-electron chi connectivity index (χ4n) is 2.02. The van der Waals surface area contributed by atoms with E-state index in [1.54, 1.807) is 0 Å². The van der Waals surface area contributed by atoms with Crippen LogP contribution in [0.3, 0.4) is 0 Å². The number of carbonyl (C=O) groups excluding carboxylic acids is 1. The highest BCUT2D eigenvalue weighted by Crippen LogP contribution is 2.18. The molecule has 0 fully saturated rings. The van der Waals surface area contributed by atoms with Gasteiger partial charge < -0.3 is 16.0 Å². The Labute approximate surface area is 107 Å². The fraction of sp³-hybridized carbons (Fsp3) is 0.357. The van der Waals surface area contributed by atoms with Crippen LogP contribution in [0, 0.1) is 0 Å². The lowest BCUT2D eigenvalue weighted by atomic mass is 10.0. The van der Waals surface area contributed by atoms with Crippen LogP contribution in [0.2, 0.25) is 0 Å². The minimum atomic E-state index is -0.508. The van der Waals surface area contributed by atoms with Crippen molar-refractivity contribution in [3.05, 3.63) is 36.0 Å². The molecule has 2 aromatic rings. The highest BCUT2D eigenvalue weighted by Gasteiger charge is 2.16. The fourth-order valence-corrected chi connectivity index (χ4v) is 2.02. The molecule has 0 saturated carbocycles. The number of fused-ring (bicyclic) bond motifs is 1. The van der Waals surface area contributed by atoms with Crippen LogP contribution >= 0.6 is 0 Å². The summed E-state index contributed by atoms with van der Waals surface area (Å²) < 4.78 is 0. The molecule has 0 aliphatic rings. The maximum Gasteiger partial charge on any atom is 0.237 e. The van der Waals surface area contributed by atoms with Gasteiger partial charge in [0, 0.05) is 23.1 Å². The Hall–Kier alpha value is -1.81. The van der Waals surface area contributed by atoms with Crippen molar-refractivity contribution in [3.8, 4) is 0 Å². The van der Waals surface area contributed by atoms with Crippen molar-refractivity contribution in [3.63, 3.8) is 0 Å². The van der Waals surface area contributed by atoms with E-state index < -0.39 is 6.04 Å². The van der Waals surface area contributed by atoms with Gasteiger partial charge in [-0.2, -0.15) is 0 Å². The van der Waals surface area contributed by atoms with E-state index in [1.165, 1.54) is 0 Å². The second-order valence-electron chi connectivity index (χ2n) is 4.83. The van der Waals surface area contributed by atoms with Crippen LogP contribution in [-0.2, 0) is 11.2 Å². The Morgan fingerprint density at radius 3 is 2.83 bits per heavy atom. The summed E-state index contributed by atoms with van der Waals surface area (Å²) in [7, 11) is 0. The summed E-state index contributed by atoms with van der Waals surface area (Å²) in [6.45, 7) is 3.85. The smallest absolute Gasteiger partial charge is 0.237 e. The van der Waals surface area contributed by atoms with E-state index in [-0.39, 0.29) is 11.9 Å². The standard InChI is InChI=1S/C14H19N3O/c1-9(2)17-14(18)12(15)7-10-8-16-13-6-4-3-5-11(10)13/h3-6,8-9,12,16H,7,15H2,1-2H3,(H,17,18)/t12-/m1/s1. The Morgan fingerprint density at radius 2 is 2.11 bits per heavy atom. The molecule has 1 heterocycles. The molecule has 4 heteroatoms. The van der Waals surface area contributed by atoms with Gasteiger partial charge in [0.15, 0.2) is 0 Å². The van der Waals surface area contributed by atoms with Gasteiger partial charge in [-0.05, 0) is 31.9 Å². The third kappa shape index (κ3) is 2.71. The van der Waals surface area contributed by atoms with Crippen molar-refractivity contribution in [2.75, 3.05) is 0 Å². The second-order valence-corrected chi connectivity index (χ2v) is 4.83. The normalized spacial score (nSPS) is 12.9. The summed E-state index contributed by atoms with van der Waals surface area (Å²) in [6.07, 6.45) is 2.47. The molecule has 0 saturated heterocycles. The first-order valence-electron chi connectivity index (χ1n) is 6.19. The van der Waals surface area contributed by atoms with Crippen LogP contribution in [0.25, 0.3) is 10.9 Å². The molecule has 18 heavy (non-hydrogen) atoms. The lowest BCUT2D eigenvalue weighted by Gasteiger charge is -2.14. The van der Waals surface area contributed by atoms with E-state index in [9.17, 15) is 4.79 Å². The number of rotatable bonds is 4. The summed E-state index contributed by atoms with van der Waals surface area (Å²) in [4.78, 5) is 15.0. The van der Waals surface area contributed by atoms with E-state index in [0.29, 0.717) is 6.42 Å². The highest BCUT2D eigenvalue weighted by atomic mass is 16.2. The summed E-state index contributed by atoms with van der Waals surface area (Å²) in [6, 6.07) is 7.62. The molecule has 4 nitrogen and oxygen atoms in total. The molecule has 4 N–H and O–H groups in total. The van der Waals surface area contributed by atoms with Gasteiger partial charge in [0.25, 0.3) is 0 Å². The molecule has 1 aromatic heterocycles. The Bertz CT molecular complexity index is 545. The van der Waals surface area contributed by atoms with Gasteiger partial charge in [-0.15, -0.1) is 0 Å². The molecule has 0 spiro atoms. The third-order valence-electron chi connectivity index (χ3n) is 2.88. The number of aromatic amines is 1. The van der Waals surface area contributed by atoms with Crippen LogP contribution in [0.1, 0.15) is 19.4 Å². The van der Waals surface area contributed by atoms with Crippen molar-refractivity contribution in [1.82, 2.24) is 10.3 Å². The largest absolute Gasteiger partial charge is 0.361 e. The lowest BCUT2D eigenvalue weighted by molar-refractivity contribution is -0.122. The lowest BCUT2D eigenvalue weighted by Crippen LogP contribution is -2.44. The van der Waals surface area contributed by atoms with Crippen LogP contribution in [0.4, 0.5) is 0 Å². The average molecular weight is 245 g/mol. The predicted molar refractivity (Wildman–Crippen MR) is 73.3 cm³/mol. The van der Waals surface area contributed by atoms with Gasteiger partial charge in [-0.1, -0.05) is 18.2 Å². The zero-order chi connectivity index (χ0) is 13.1. The number of carbonyl (C=O) groups is 1. The van der Waals surface area contributed by atoms with Crippen molar-refractivity contribution < 1.29 is 4.79 Å². The summed E-state index contributed by atoms with van der Waals surface area (Å²) in [5.41, 5.74) is 8.08. The molecule has 0 bridgehead atoms. The number of nitrogens with one attached hydrogen (secondary N) is 2. The minimum absolute atomic E-state index is 0.102. The number of aromatic nitrogens is 1. The predicted octanol–water partition coefficient (Wildman–Crippen LogP) is 1.56. The van der Waals surface area contributed by atoms with Gasteiger partial charge in [0.1, 0.15) is 0 Å². The minimum Gasteiger partial charge on any atom is -0.361 e. The molecule has 96 valence electrons. The van der Waals surface area contributed by atoms with Crippen LogP contribution < -0.4 is 11.1 Å². The number of para-hydroxylation sites is 1. The van der Waals surface area contributed by atoms with Gasteiger partial charge >= 0.3 is 0 Å². The monoisotopic (exact) mass is 245 g/mol. The van der Waals surface area contributed by atoms with Gasteiger partial charge in [-0.3, -0.25) is 4.79 Å². The topological polar surface area (TPSA) is 70.9 Å². The summed E-state index contributed by atoms with van der Waals surface area (Å²) in [5, 5.41) is 3.96. The second kappa shape index (κ2) is 5.23. The molecule has 2 rings (SSSR count). The number of nitrogens with two attached hydrogens (primary N) is 1. The first kappa shape index (κ1) is 12.6. The maximum absolute atomic E-state index is 11.8. The molecule has 0 unspecified atom stereocenters. The van der Waals surface area contributed by atoms with Crippen LogP contribution in [0.5, 0.6) is 0 Å². The molecular formula is C14H19N3O. The highest BCUT2D eigenvalue weighted by molar-refractivity contribution is 5.86. The number of hydrogen-bond donors (Lipinski definition) is 3. The van der Waals surface area contributed by atoms with E-state index in [1.807, 2.05) is 44.3 Å². The molecule has 1 atom stereocenters. The first-order chi connectivity index (χ1) is 8.58. The van der Waals surface area contributed by atoms with Gasteiger partial charge in [0.2, 0.25) is 5.91 Å². The Kier molecular flexibility index (Phi) is 3.67. The zero-order valence-corrected chi connectivity index (χ0v) is 10.7. The van der Waals surface area contributed by atoms with Gasteiger partial charge in [0.05, 0.1) is 6.04 Å². The number of hydrogen-bond acceptors (Lipinski definition) is 2. The van der Waals surface area contributed by atoms with E-state index in [0.717, 1.165) is 16.5 Å². The Balaban J connectivity index is 2.11. The third-order valence-corrected chi connectivity index (χ3v) is 2.88. The number of amides is 1. The Morgan fingerprint density at radius 1 is 1.39 bits per heavy atom. The van der Waals surface area contributed by atoms with Crippen LogP contribution in [-0.4, -0.2) is 23.0 Å². The molecule has 1 aromatic carbocycles. The van der Waals surface area contributed by atoms with E-state index in [2.05, 4.69) is 10.3 Å². The van der Waals surface area contributed by atoms with E-state index >= 15 is 0 Å². The molecule has 0 aliphatic carbocycles. The van der Waals surface area contributed by atoms with Crippen LogP contribution in [0.15, 0.2) is 30.5 Å². The van der Waals surface area contributed by atoms with Crippen molar-refractivity contribution in [2.24, 2.45) is 5.73 Å². The van der Waals surface area contributed by atoms with Crippen molar-refractivity contribution >= 4 is 16.8 Å². The molecular weight excluding hydrogens is 226 g/mol. The number of benzene rings is 1. The van der Waals surface area contributed by atoms with E-state index in [4.69, 9.17) is 5.73 Å². The van der Waals surface area contributed by atoms with Gasteiger partial charge in [-0.25, -0.2) is 0 Å². The maximum atomic E-state index is 11.8. The number of H-pyrrole nitrogens is 1. The first-order valence-corrected chi connectivity index (χ1v) is 6.19. The molecule has 0 radical (unpaired) electrons. The molecule has 0 aliphatic heterocycles. The SMILES string of the molecule is CC(C)NC(=O)[C@H](N)Cc1c[nH]c2ccccc12. The van der Waals surface area contributed by atoms with Crippen molar-refractivity contribution in [2.45, 2.75) is 32.4 Å². The summed E-state index contributed by atoms with van der Waals surface area (Å²) >= 11 is 0. The van der Waals surface area contributed by atoms with Crippen molar-refractivity contribution in [1.29, 1.82) is 0 Å². The quantitative estimate of drug-likeness (QED) is 0.765. The average Bonchev–Trinajstić information content (AvgIpc) is 2.72.